The van der Waals surface area contributed by atoms with Crippen molar-refractivity contribution >= 4 is 12.2 Å². The third-order valence-electron chi connectivity index (χ3n) is 5.07. The van der Waals surface area contributed by atoms with Gasteiger partial charge >= 0.3 is 0 Å². The molecule has 3 rings (SSSR count). The van der Waals surface area contributed by atoms with E-state index in [9.17, 15) is 25.7 Å². The molecule has 1 saturated heterocycles. The van der Waals surface area contributed by atoms with Gasteiger partial charge < -0.3 is 34.5 Å². The fourth-order valence-corrected chi connectivity index (χ4v) is 3.87. The van der Waals surface area contributed by atoms with Crippen LogP contribution in [0, 0.1) is 22.9 Å². The molecule has 0 saturated carbocycles. The molecule has 2 aromatic rings. The van der Waals surface area contributed by atoms with Gasteiger partial charge in [0.15, 0.2) is 6.23 Å². The molecule has 29 heavy (non-hydrogen) atoms. The lowest BCUT2D eigenvalue weighted by atomic mass is 9.97. The number of aryl methyl sites for hydroxylation is 1. The van der Waals surface area contributed by atoms with Crippen LogP contribution in [-0.2, 0) is 4.74 Å². The molecule has 1 aliphatic rings. The monoisotopic (exact) mass is 418 g/mol. The number of aliphatic hydroxyl groups excluding tert-OH is 4. The van der Waals surface area contributed by atoms with Gasteiger partial charge in [-0.05, 0) is 30.7 Å². The Kier molecular flexibility index (Phi) is 6.33. The summed E-state index contributed by atoms with van der Waals surface area (Å²) in [7, 11) is 1.56. The molecule has 9 heteroatoms. The van der Waals surface area contributed by atoms with Gasteiger partial charge in [0, 0.05) is 11.3 Å². The van der Waals surface area contributed by atoms with Crippen LogP contribution in [0.1, 0.15) is 17.5 Å². The molecule has 1 fully saturated rings. The standard InChI is InChI=1S/C20H22N2O6S/c1-10-7-13(11-3-5-12(27-2)6-4-11)14(8-21)20(29)22(10)19-18(26)17(25)16(24)15(9-23)28-19/h3-7,15-19,23-26H,9H2,1-2H3/t15-,16+,17+,18-,19-/m0/s1. The van der Waals surface area contributed by atoms with E-state index >= 15 is 0 Å². The molecule has 0 bridgehead atoms. The molecule has 5 atom stereocenters. The normalized spacial score (nSPS) is 26.7. The Bertz CT molecular complexity index is 982. The Morgan fingerprint density at radius 2 is 1.83 bits per heavy atom. The highest BCUT2D eigenvalue weighted by Crippen LogP contribution is 2.33. The van der Waals surface area contributed by atoms with Crippen LogP contribution in [0.4, 0.5) is 0 Å². The van der Waals surface area contributed by atoms with E-state index in [4.69, 9.17) is 21.7 Å². The summed E-state index contributed by atoms with van der Waals surface area (Å²) >= 11 is 5.51. The number of pyridine rings is 1. The van der Waals surface area contributed by atoms with Gasteiger partial charge in [-0.2, -0.15) is 5.26 Å². The predicted molar refractivity (Wildman–Crippen MR) is 106 cm³/mol. The summed E-state index contributed by atoms with van der Waals surface area (Å²) in [4.78, 5) is 0. The van der Waals surface area contributed by atoms with Crippen LogP contribution in [0.2, 0.25) is 0 Å². The molecule has 0 amide bonds. The van der Waals surface area contributed by atoms with Gasteiger partial charge in [0.1, 0.15) is 40.9 Å². The second kappa shape index (κ2) is 8.59. The molecule has 4 N–H and O–H groups in total. The summed E-state index contributed by atoms with van der Waals surface area (Å²) in [5.74, 6) is 0.676. The summed E-state index contributed by atoms with van der Waals surface area (Å²) in [6.07, 6.45) is -6.77. The largest absolute Gasteiger partial charge is 0.497 e. The zero-order chi connectivity index (χ0) is 21.3. The Labute approximate surface area is 172 Å². The first-order valence-electron chi connectivity index (χ1n) is 8.95. The predicted octanol–water partition coefficient (Wildman–Crippen LogP) is 1.05. The maximum absolute atomic E-state index is 10.5. The first kappa shape index (κ1) is 21.4. The van der Waals surface area contributed by atoms with Crippen LogP contribution in [0.3, 0.4) is 0 Å². The van der Waals surface area contributed by atoms with Crippen LogP contribution >= 0.6 is 12.2 Å². The minimum Gasteiger partial charge on any atom is -0.497 e. The number of nitriles is 1. The third-order valence-corrected chi connectivity index (χ3v) is 5.47. The number of hydrogen-bond acceptors (Lipinski definition) is 8. The quantitative estimate of drug-likeness (QED) is 0.543. The molecule has 0 radical (unpaired) electrons. The number of nitrogens with zero attached hydrogens (tertiary/aromatic N) is 2. The van der Waals surface area contributed by atoms with Gasteiger partial charge in [0.05, 0.1) is 19.3 Å². The second-order valence-corrected chi connectivity index (χ2v) is 7.20. The van der Waals surface area contributed by atoms with Gasteiger partial charge in [-0.3, -0.25) is 0 Å². The zero-order valence-electron chi connectivity index (χ0n) is 15.9. The molecular weight excluding hydrogens is 396 g/mol. The van der Waals surface area contributed by atoms with Crippen molar-refractivity contribution in [3.8, 4) is 22.9 Å². The van der Waals surface area contributed by atoms with Crippen molar-refractivity contribution in [2.24, 2.45) is 0 Å². The summed E-state index contributed by atoms with van der Waals surface area (Å²) in [5, 5.41) is 49.7. The van der Waals surface area contributed by atoms with Crippen molar-refractivity contribution in [3.63, 3.8) is 0 Å². The molecule has 0 aliphatic carbocycles. The molecular formula is C20H22N2O6S. The lowest BCUT2D eigenvalue weighted by Gasteiger charge is -2.41. The summed E-state index contributed by atoms with van der Waals surface area (Å²) in [6, 6.07) is 11.0. The van der Waals surface area contributed by atoms with Gasteiger partial charge in [-0.1, -0.05) is 24.4 Å². The maximum Gasteiger partial charge on any atom is 0.164 e. The van der Waals surface area contributed by atoms with Gasteiger partial charge in [0.2, 0.25) is 0 Å². The molecule has 2 heterocycles. The van der Waals surface area contributed by atoms with Crippen LogP contribution < -0.4 is 4.74 Å². The fraction of sp³-hybridized carbons (Fsp3) is 0.400. The van der Waals surface area contributed by atoms with E-state index in [1.165, 1.54) is 4.57 Å². The number of aliphatic hydroxyl groups is 4. The summed E-state index contributed by atoms with van der Waals surface area (Å²) in [5.41, 5.74) is 2.15. The molecule has 0 spiro atoms. The van der Waals surface area contributed by atoms with Crippen molar-refractivity contribution in [2.75, 3.05) is 13.7 Å². The van der Waals surface area contributed by atoms with Crippen LogP contribution in [-0.4, -0.2) is 63.1 Å². The molecule has 1 aromatic carbocycles. The van der Waals surface area contributed by atoms with Crippen molar-refractivity contribution < 1.29 is 29.9 Å². The van der Waals surface area contributed by atoms with Crippen molar-refractivity contribution in [1.29, 1.82) is 5.26 Å². The van der Waals surface area contributed by atoms with E-state index in [0.29, 0.717) is 17.0 Å². The number of methoxy groups -OCH3 is 1. The van der Waals surface area contributed by atoms with E-state index in [-0.39, 0.29) is 10.2 Å². The highest BCUT2D eigenvalue weighted by Gasteiger charge is 2.44. The van der Waals surface area contributed by atoms with Crippen LogP contribution in [0.25, 0.3) is 11.1 Å². The Morgan fingerprint density at radius 3 is 2.38 bits per heavy atom. The van der Waals surface area contributed by atoms with Crippen molar-refractivity contribution in [2.45, 2.75) is 37.6 Å². The Balaban J connectivity index is 2.12. The first-order chi connectivity index (χ1) is 13.8. The highest BCUT2D eigenvalue weighted by molar-refractivity contribution is 7.71. The van der Waals surface area contributed by atoms with E-state index < -0.39 is 37.3 Å². The minimum atomic E-state index is -1.54. The zero-order valence-corrected chi connectivity index (χ0v) is 16.7. The average Bonchev–Trinajstić information content (AvgIpc) is 2.73. The van der Waals surface area contributed by atoms with E-state index in [1.807, 2.05) is 0 Å². The van der Waals surface area contributed by atoms with Crippen LogP contribution in [0.5, 0.6) is 5.75 Å². The highest BCUT2D eigenvalue weighted by atomic mass is 32.1. The van der Waals surface area contributed by atoms with Crippen LogP contribution in [0.15, 0.2) is 30.3 Å². The lowest BCUT2D eigenvalue weighted by molar-refractivity contribution is -0.252. The third kappa shape index (κ3) is 3.79. The Morgan fingerprint density at radius 1 is 1.17 bits per heavy atom. The van der Waals surface area contributed by atoms with Gasteiger partial charge in [-0.25, -0.2) is 0 Å². The van der Waals surface area contributed by atoms with E-state index in [1.54, 1.807) is 44.4 Å². The number of hydrogen-bond donors (Lipinski definition) is 4. The molecule has 0 unspecified atom stereocenters. The van der Waals surface area contributed by atoms with Crippen molar-refractivity contribution in [3.05, 3.63) is 46.2 Å². The molecule has 1 aliphatic heterocycles. The summed E-state index contributed by atoms with van der Waals surface area (Å²) < 4.78 is 12.3. The number of ether oxygens (including phenoxy) is 2. The first-order valence-corrected chi connectivity index (χ1v) is 9.36. The summed E-state index contributed by atoms with van der Waals surface area (Å²) in [6.45, 7) is 1.17. The van der Waals surface area contributed by atoms with Gasteiger partial charge in [0.25, 0.3) is 0 Å². The molecule has 154 valence electrons. The van der Waals surface area contributed by atoms with Crippen molar-refractivity contribution in [1.82, 2.24) is 4.57 Å². The number of aromatic nitrogens is 1. The smallest absolute Gasteiger partial charge is 0.164 e. The Hall–Kier alpha value is -2.32. The second-order valence-electron chi connectivity index (χ2n) is 6.81. The van der Waals surface area contributed by atoms with E-state index in [0.717, 1.165) is 5.56 Å². The molecule has 1 aromatic heterocycles. The van der Waals surface area contributed by atoms with Gasteiger partial charge in [-0.15, -0.1) is 0 Å². The SMILES string of the molecule is COc1ccc(-c2cc(C)n([C@H]3O[C@@H](CO)[C@@H](O)[C@@H](O)[C@@H]3O)c(=S)c2C#N)cc1. The average molecular weight is 418 g/mol. The molecule has 8 nitrogen and oxygen atoms in total. The number of rotatable bonds is 4. The topological polar surface area (TPSA) is 128 Å². The fourth-order valence-electron chi connectivity index (χ4n) is 3.46. The number of benzene rings is 1. The minimum absolute atomic E-state index is 0.114. The maximum atomic E-state index is 10.5. The lowest BCUT2D eigenvalue weighted by Crippen LogP contribution is -2.56. The van der Waals surface area contributed by atoms with E-state index in [2.05, 4.69) is 6.07 Å².